The van der Waals surface area contributed by atoms with Gasteiger partial charge in [-0.25, -0.2) is 0 Å². The van der Waals surface area contributed by atoms with Gasteiger partial charge in [-0.05, 0) is 32.7 Å². The first-order valence-electron chi connectivity index (χ1n) is 6.23. The van der Waals surface area contributed by atoms with Gasteiger partial charge in [-0.2, -0.15) is 0 Å². The van der Waals surface area contributed by atoms with Gasteiger partial charge < -0.3 is 15.4 Å². The van der Waals surface area contributed by atoms with Crippen molar-refractivity contribution in [2.45, 2.75) is 51.2 Å². The molecule has 0 saturated carbocycles. The third kappa shape index (κ3) is 3.46. The topological polar surface area (TPSA) is 50.4 Å². The smallest absolute Gasteiger partial charge is 0.234 e. The molecule has 94 valence electrons. The van der Waals surface area contributed by atoms with Crippen molar-refractivity contribution in [1.29, 1.82) is 0 Å². The Balaban J connectivity index is 2.47. The molecule has 1 rings (SSSR count). The number of carbonyl (C=O) groups excluding carboxylic acids is 1. The van der Waals surface area contributed by atoms with Crippen molar-refractivity contribution < 1.29 is 9.53 Å². The summed E-state index contributed by atoms with van der Waals surface area (Å²) >= 11 is 0. The summed E-state index contributed by atoms with van der Waals surface area (Å²) in [6.07, 6.45) is 3.90. The molecule has 0 radical (unpaired) electrons. The van der Waals surface area contributed by atoms with E-state index in [1.54, 1.807) is 7.05 Å². The van der Waals surface area contributed by atoms with Crippen LogP contribution in [0.2, 0.25) is 0 Å². The molecular weight excluding hydrogens is 204 g/mol. The van der Waals surface area contributed by atoms with Crippen LogP contribution in [0.4, 0.5) is 0 Å². The molecule has 0 aromatic heterocycles. The van der Waals surface area contributed by atoms with Gasteiger partial charge >= 0.3 is 0 Å². The van der Waals surface area contributed by atoms with Gasteiger partial charge in [-0.15, -0.1) is 0 Å². The van der Waals surface area contributed by atoms with Crippen LogP contribution in [0.3, 0.4) is 0 Å². The highest BCUT2D eigenvalue weighted by molar-refractivity contribution is 5.78. The molecule has 1 aliphatic heterocycles. The second-order valence-corrected chi connectivity index (χ2v) is 4.53. The SMILES string of the molecule is CCC1(CC)CC(NC(=O)CNC)CCO1. The van der Waals surface area contributed by atoms with E-state index >= 15 is 0 Å². The van der Waals surface area contributed by atoms with Crippen molar-refractivity contribution in [2.24, 2.45) is 0 Å². The van der Waals surface area contributed by atoms with Crippen LogP contribution in [-0.4, -0.2) is 37.7 Å². The highest BCUT2D eigenvalue weighted by Crippen LogP contribution is 2.31. The van der Waals surface area contributed by atoms with E-state index in [2.05, 4.69) is 24.5 Å². The van der Waals surface area contributed by atoms with Crippen LogP contribution in [0, 0.1) is 0 Å². The van der Waals surface area contributed by atoms with E-state index in [9.17, 15) is 4.79 Å². The maximum absolute atomic E-state index is 11.5. The molecule has 0 spiro atoms. The molecule has 1 unspecified atom stereocenters. The average Bonchev–Trinajstić information content (AvgIpc) is 2.29. The minimum absolute atomic E-state index is 0.0180. The summed E-state index contributed by atoms with van der Waals surface area (Å²) in [6, 6.07) is 0.273. The summed E-state index contributed by atoms with van der Waals surface area (Å²) in [7, 11) is 1.78. The lowest BCUT2D eigenvalue weighted by molar-refractivity contribution is -0.125. The molecule has 4 heteroatoms. The van der Waals surface area contributed by atoms with E-state index in [1.165, 1.54) is 0 Å². The predicted octanol–water partition coefficient (Wildman–Crippen LogP) is 1.06. The van der Waals surface area contributed by atoms with Crippen LogP contribution >= 0.6 is 0 Å². The molecule has 0 aliphatic carbocycles. The monoisotopic (exact) mass is 228 g/mol. The zero-order valence-electron chi connectivity index (χ0n) is 10.6. The van der Waals surface area contributed by atoms with E-state index in [4.69, 9.17) is 4.74 Å². The minimum Gasteiger partial charge on any atom is -0.375 e. The summed E-state index contributed by atoms with van der Waals surface area (Å²) in [5.41, 5.74) is -0.0180. The molecule has 1 aliphatic rings. The molecular formula is C12H24N2O2. The number of rotatable bonds is 5. The molecule has 0 bridgehead atoms. The normalized spacial score (nSPS) is 24.1. The Hall–Kier alpha value is -0.610. The molecule has 4 nitrogen and oxygen atoms in total. The van der Waals surface area contributed by atoms with Crippen LogP contribution in [0.5, 0.6) is 0 Å². The summed E-state index contributed by atoms with van der Waals surface area (Å²) in [5, 5.41) is 5.92. The first kappa shape index (κ1) is 13.5. The van der Waals surface area contributed by atoms with Crippen LogP contribution < -0.4 is 10.6 Å². The van der Waals surface area contributed by atoms with Gasteiger partial charge in [0.15, 0.2) is 0 Å². The van der Waals surface area contributed by atoms with Gasteiger partial charge in [-0.1, -0.05) is 13.8 Å². The Morgan fingerprint density at radius 1 is 1.44 bits per heavy atom. The lowest BCUT2D eigenvalue weighted by Crippen LogP contribution is -2.49. The second-order valence-electron chi connectivity index (χ2n) is 4.53. The third-order valence-corrected chi connectivity index (χ3v) is 3.48. The summed E-state index contributed by atoms with van der Waals surface area (Å²) in [6.45, 7) is 5.46. The predicted molar refractivity (Wildman–Crippen MR) is 64.4 cm³/mol. The van der Waals surface area contributed by atoms with Gasteiger partial charge in [0, 0.05) is 12.6 Å². The maximum Gasteiger partial charge on any atom is 0.234 e. The number of amides is 1. The van der Waals surface area contributed by atoms with Gasteiger partial charge in [0.1, 0.15) is 0 Å². The average molecular weight is 228 g/mol. The fraction of sp³-hybridized carbons (Fsp3) is 0.917. The maximum atomic E-state index is 11.5. The van der Waals surface area contributed by atoms with Gasteiger partial charge in [0.25, 0.3) is 0 Å². The van der Waals surface area contributed by atoms with E-state index in [0.29, 0.717) is 6.54 Å². The Morgan fingerprint density at radius 2 is 2.12 bits per heavy atom. The number of carbonyl (C=O) groups is 1. The molecule has 1 fully saturated rings. The Labute approximate surface area is 98.1 Å². The number of hydrogen-bond donors (Lipinski definition) is 2. The number of ether oxygens (including phenoxy) is 1. The Morgan fingerprint density at radius 3 is 2.69 bits per heavy atom. The van der Waals surface area contributed by atoms with Gasteiger partial charge in [-0.3, -0.25) is 4.79 Å². The van der Waals surface area contributed by atoms with E-state index in [-0.39, 0.29) is 17.6 Å². The molecule has 1 saturated heterocycles. The molecule has 1 heterocycles. The first-order valence-corrected chi connectivity index (χ1v) is 6.23. The lowest BCUT2D eigenvalue weighted by atomic mass is 9.86. The van der Waals surface area contributed by atoms with Crippen molar-refractivity contribution in [2.75, 3.05) is 20.2 Å². The number of likely N-dealkylation sites (N-methyl/N-ethyl adjacent to an activating group) is 1. The molecule has 0 aromatic carbocycles. The fourth-order valence-electron chi connectivity index (χ4n) is 2.33. The highest BCUT2D eigenvalue weighted by Gasteiger charge is 2.34. The Kier molecular flexibility index (Phi) is 5.22. The van der Waals surface area contributed by atoms with Gasteiger partial charge in [0.2, 0.25) is 5.91 Å². The van der Waals surface area contributed by atoms with Crippen LogP contribution in [-0.2, 0) is 9.53 Å². The van der Waals surface area contributed by atoms with Crippen LogP contribution in [0.1, 0.15) is 39.5 Å². The minimum atomic E-state index is -0.0180. The molecule has 16 heavy (non-hydrogen) atoms. The summed E-state index contributed by atoms with van der Waals surface area (Å²) < 4.78 is 5.87. The molecule has 1 amide bonds. The van der Waals surface area contributed by atoms with Crippen molar-refractivity contribution in [1.82, 2.24) is 10.6 Å². The van der Waals surface area contributed by atoms with Crippen LogP contribution in [0.25, 0.3) is 0 Å². The standard InChI is InChI=1S/C12H24N2O2/c1-4-12(5-2)8-10(6-7-16-12)14-11(15)9-13-3/h10,13H,4-9H2,1-3H3,(H,14,15). The van der Waals surface area contributed by atoms with Crippen LogP contribution in [0.15, 0.2) is 0 Å². The second kappa shape index (κ2) is 6.21. The quantitative estimate of drug-likeness (QED) is 0.740. The zero-order valence-corrected chi connectivity index (χ0v) is 10.6. The van der Waals surface area contributed by atoms with E-state index < -0.39 is 0 Å². The van der Waals surface area contributed by atoms with Crippen molar-refractivity contribution in [3.63, 3.8) is 0 Å². The molecule has 2 N–H and O–H groups in total. The van der Waals surface area contributed by atoms with E-state index in [1.807, 2.05) is 0 Å². The summed E-state index contributed by atoms with van der Waals surface area (Å²) in [5.74, 6) is 0.0792. The van der Waals surface area contributed by atoms with Crippen molar-refractivity contribution in [3.8, 4) is 0 Å². The molecule has 0 aromatic rings. The zero-order chi connectivity index (χ0) is 12.0. The Bertz CT molecular complexity index is 227. The number of hydrogen-bond acceptors (Lipinski definition) is 3. The van der Waals surface area contributed by atoms with Crippen molar-refractivity contribution >= 4 is 5.91 Å². The lowest BCUT2D eigenvalue weighted by Gasteiger charge is -2.40. The number of nitrogens with one attached hydrogen (secondary N) is 2. The molecule has 1 atom stereocenters. The largest absolute Gasteiger partial charge is 0.375 e. The van der Waals surface area contributed by atoms with Gasteiger partial charge in [0.05, 0.1) is 12.1 Å². The van der Waals surface area contributed by atoms with Crippen molar-refractivity contribution in [3.05, 3.63) is 0 Å². The third-order valence-electron chi connectivity index (χ3n) is 3.48. The highest BCUT2D eigenvalue weighted by atomic mass is 16.5. The fourth-order valence-corrected chi connectivity index (χ4v) is 2.33. The summed E-state index contributed by atoms with van der Waals surface area (Å²) in [4.78, 5) is 11.5. The van der Waals surface area contributed by atoms with E-state index in [0.717, 1.165) is 32.3 Å². The first-order chi connectivity index (χ1) is 7.65.